The van der Waals surface area contributed by atoms with Gasteiger partial charge in [0.2, 0.25) is 0 Å². The Hall–Kier alpha value is -1.21. The first-order valence-electron chi connectivity index (χ1n) is 10.1. The van der Waals surface area contributed by atoms with Gasteiger partial charge >= 0.3 is 176 Å². The summed E-state index contributed by atoms with van der Waals surface area (Å²) in [5, 5.41) is 2.84. The summed E-state index contributed by atoms with van der Waals surface area (Å²) in [6.45, 7) is 16.8. The molecule has 4 rings (SSSR count). The second-order valence-corrected chi connectivity index (χ2v) is 15.5. The Morgan fingerprint density at radius 2 is 1.52 bits per heavy atom. The minimum atomic E-state index is -1.09. The summed E-state index contributed by atoms with van der Waals surface area (Å²) in [4.78, 5) is 0. The summed E-state index contributed by atoms with van der Waals surface area (Å²) in [7, 11) is 0. The Labute approximate surface area is 175 Å². The molecule has 2 aromatic rings. The van der Waals surface area contributed by atoms with Crippen LogP contribution in [0.2, 0.25) is 3.17 Å². The van der Waals surface area contributed by atoms with Crippen LogP contribution in [-0.4, -0.2) is 0 Å². The zero-order valence-corrected chi connectivity index (χ0v) is 21.3. The number of hydrogen-bond donors (Lipinski definition) is 0. The third kappa shape index (κ3) is 2.80. The molecule has 0 atom stereocenters. The van der Waals surface area contributed by atoms with E-state index in [1.54, 1.807) is 39.0 Å². The second kappa shape index (κ2) is 6.69. The van der Waals surface area contributed by atoms with Crippen LogP contribution in [0.25, 0.3) is 16.3 Å². The van der Waals surface area contributed by atoms with Crippen molar-refractivity contribution in [2.75, 3.05) is 0 Å². The van der Waals surface area contributed by atoms with Crippen LogP contribution in [0, 0.1) is 5.92 Å². The van der Waals surface area contributed by atoms with Gasteiger partial charge in [-0.3, -0.25) is 0 Å². The number of hydrogen-bond acceptors (Lipinski definition) is 0. The van der Waals surface area contributed by atoms with E-state index in [0.717, 1.165) is 0 Å². The molecular weight excluding hydrogens is 491 g/mol. The van der Waals surface area contributed by atoms with Gasteiger partial charge in [0, 0.05) is 0 Å². The molecule has 0 radical (unpaired) electrons. The summed E-state index contributed by atoms with van der Waals surface area (Å²) in [5.41, 5.74) is 11.2. The second-order valence-electron chi connectivity index (χ2n) is 8.79. The van der Waals surface area contributed by atoms with Crippen molar-refractivity contribution in [3.8, 4) is 0 Å². The molecule has 2 aliphatic carbocycles. The average Bonchev–Trinajstić information content (AvgIpc) is 3.08. The quantitative estimate of drug-likeness (QED) is 0.364. The Kier molecular flexibility index (Phi) is 4.74. The number of rotatable bonds is 3. The van der Waals surface area contributed by atoms with Crippen molar-refractivity contribution in [2.45, 2.75) is 58.1 Å². The summed E-state index contributed by atoms with van der Waals surface area (Å²) in [6.07, 6.45) is 1.20. The fraction of sp³-hybridized carbons (Fsp3) is 0.385. The fourth-order valence-electron chi connectivity index (χ4n) is 5.05. The molecule has 0 aromatic heterocycles. The van der Waals surface area contributed by atoms with Gasteiger partial charge in [-0.25, -0.2) is 0 Å². The first-order chi connectivity index (χ1) is 12.8. The monoisotopic (exact) mass is 522 g/mol. The van der Waals surface area contributed by atoms with Crippen LogP contribution in [0.1, 0.15) is 59.6 Å². The van der Waals surface area contributed by atoms with Crippen LogP contribution in [-0.2, 0) is 29.3 Å². The molecular formula is C26H30Hf. The summed E-state index contributed by atoms with van der Waals surface area (Å²) >= 11 is -1.09. The van der Waals surface area contributed by atoms with E-state index in [1.165, 1.54) is 17.2 Å². The molecule has 2 aromatic carbocycles. The van der Waals surface area contributed by atoms with E-state index in [-0.39, 0.29) is 0 Å². The maximum absolute atomic E-state index is 2.55. The zero-order valence-electron chi connectivity index (χ0n) is 17.7. The van der Waals surface area contributed by atoms with Crippen molar-refractivity contribution < 1.29 is 22.9 Å². The van der Waals surface area contributed by atoms with Gasteiger partial charge in [-0.05, 0) is 0 Å². The molecule has 0 heterocycles. The van der Waals surface area contributed by atoms with Crippen molar-refractivity contribution >= 4 is 16.3 Å². The van der Waals surface area contributed by atoms with E-state index in [0.29, 0.717) is 9.09 Å². The predicted octanol–water partition coefficient (Wildman–Crippen LogP) is 7.71. The standard InChI is InChI=1S/C16H15.C10H15.Hf/c1-11(2)14-10-9-13-8-7-12-5-3-4-6-15(12)16(13)14;1-6-7(2)9(4)10(5)8(6)3;/h3-8,11H,9H2,1-2H3;1-5H3;. The molecule has 0 fully saturated rings. The molecule has 0 spiro atoms. The average molecular weight is 521 g/mol. The van der Waals surface area contributed by atoms with Gasteiger partial charge in [0.25, 0.3) is 0 Å². The number of allylic oxidation sites excluding steroid dienone is 6. The summed E-state index contributed by atoms with van der Waals surface area (Å²) in [5.74, 6) is 0.598. The van der Waals surface area contributed by atoms with E-state index >= 15 is 0 Å². The van der Waals surface area contributed by atoms with Gasteiger partial charge in [0.05, 0.1) is 0 Å². The van der Waals surface area contributed by atoms with Crippen LogP contribution in [0.4, 0.5) is 0 Å². The van der Waals surface area contributed by atoms with E-state index in [2.05, 4.69) is 84.9 Å². The van der Waals surface area contributed by atoms with Gasteiger partial charge in [-0.15, -0.1) is 0 Å². The van der Waals surface area contributed by atoms with Crippen LogP contribution < -0.4 is 0 Å². The molecule has 2 aliphatic rings. The molecule has 0 saturated carbocycles. The molecule has 0 N–H and O–H groups in total. The molecule has 0 saturated heterocycles. The Morgan fingerprint density at radius 3 is 2.15 bits per heavy atom. The SMILES string of the molecule is CC1=C(C)[C](C)([Hf][C]2=C(C(C)C)c3c(ccc4ccccc34)C2)C(C)=C1C. The molecule has 0 aliphatic heterocycles. The van der Waals surface area contributed by atoms with Crippen molar-refractivity contribution in [3.05, 3.63) is 73.1 Å². The third-order valence-corrected chi connectivity index (χ3v) is 14.3. The van der Waals surface area contributed by atoms with E-state index in [1.807, 2.05) is 3.33 Å². The van der Waals surface area contributed by atoms with Gasteiger partial charge < -0.3 is 0 Å². The van der Waals surface area contributed by atoms with E-state index in [9.17, 15) is 0 Å². The number of fused-ring (bicyclic) bond motifs is 3. The molecule has 0 nitrogen and oxygen atoms in total. The zero-order chi connectivity index (χ0) is 19.5. The number of benzene rings is 2. The Bertz CT molecular complexity index is 1020. The van der Waals surface area contributed by atoms with Gasteiger partial charge in [0.1, 0.15) is 0 Å². The van der Waals surface area contributed by atoms with E-state index in [4.69, 9.17) is 0 Å². The van der Waals surface area contributed by atoms with Crippen molar-refractivity contribution in [1.82, 2.24) is 0 Å². The molecule has 0 amide bonds. The summed E-state index contributed by atoms with van der Waals surface area (Å²) in [6, 6.07) is 13.7. The third-order valence-electron chi connectivity index (χ3n) is 7.14. The van der Waals surface area contributed by atoms with Gasteiger partial charge in [-0.2, -0.15) is 0 Å². The molecule has 1 heteroatoms. The van der Waals surface area contributed by atoms with Crippen LogP contribution in [0.3, 0.4) is 0 Å². The van der Waals surface area contributed by atoms with Crippen molar-refractivity contribution in [3.63, 3.8) is 0 Å². The first kappa shape index (κ1) is 19.1. The molecule has 0 unspecified atom stereocenters. The Balaban J connectivity index is 1.88. The first-order valence-corrected chi connectivity index (χ1v) is 13.7. The molecule has 138 valence electrons. The topological polar surface area (TPSA) is 0 Å². The van der Waals surface area contributed by atoms with Crippen LogP contribution in [0.15, 0.2) is 62.0 Å². The Morgan fingerprint density at radius 1 is 0.889 bits per heavy atom. The normalized spacial score (nSPS) is 19.0. The minimum absolute atomic E-state index is 0.363. The van der Waals surface area contributed by atoms with Crippen molar-refractivity contribution in [1.29, 1.82) is 0 Å². The van der Waals surface area contributed by atoms with Gasteiger partial charge in [-0.1, -0.05) is 0 Å². The maximum atomic E-state index is 2.55. The predicted molar refractivity (Wildman–Crippen MR) is 115 cm³/mol. The van der Waals surface area contributed by atoms with Crippen LogP contribution in [0.5, 0.6) is 0 Å². The fourth-order valence-corrected chi connectivity index (χ4v) is 12.9. The van der Waals surface area contributed by atoms with E-state index < -0.39 is 22.9 Å². The summed E-state index contributed by atoms with van der Waals surface area (Å²) < 4.78 is 2.21. The molecule has 27 heavy (non-hydrogen) atoms. The van der Waals surface area contributed by atoms with Gasteiger partial charge in [0.15, 0.2) is 0 Å². The van der Waals surface area contributed by atoms with Crippen LogP contribution >= 0.6 is 0 Å². The van der Waals surface area contributed by atoms with Crippen molar-refractivity contribution in [2.24, 2.45) is 5.92 Å². The molecule has 0 bridgehead atoms.